The minimum atomic E-state index is -3.13. The van der Waals surface area contributed by atoms with E-state index in [1.165, 1.54) is 10.6 Å². The topological polar surface area (TPSA) is 75.1 Å². The molecular weight excluding hydrogens is 408 g/mol. The molecule has 1 saturated heterocycles. The van der Waals surface area contributed by atoms with E-state index in [9.17, 15) is 8.42 Å². The van der Waals surface area contributed by atoms with Crippen molar-refractivity contribution in [2.75, 3.05) is 32.9 Å². The van der Waals surface area contributed by atoms with Crippen molar-refractivity contribution in [1.82, 2.24) is 14.2 Å². The number of rotatable bonds is 6. The van der Waals surface area contributed by atoms with E-state index in [0.29, 0.717) is 31.8 Å². The smallest absolute Gasteiger partial charge is 0.228 e. The lowest BCUT2D eigenvalue weighted by Gasteiger charge is -2.30. The molecule has 0 N–H and O–H groups in total. The van der Waals surface area contributed by atoms with E-state index in [1.807, 2.05) is 24.9 Å². The fourth-order valence-corrected chi connectivity index (χ4v) is 3.72. The van der Waals surface area contributed by atoms with Gasteiger partial charge in [-0.3, -0.25) is 0 Å². The summed E-state index contributed by atoms with van der Waals surface area (Å²) in [5.74, 6) is 0.526. The highest BCUT2D eigenvalue weighted by Gasteiger charge is 2.26. The molecule has 0 aromatic carbocycles. The largest absolute Gasteiger partial charge is 0.473 e. The van der Waals surface area contributed by atoms with Gasteiger partial charge in [-0.1, -0.05) is 0 Å². The van der Waals surface area contributed by atoms with Gasteiger partial charge in [-0.25, -0.2) is 22.7 Å². The lowest BCUT2D eigenvalue weighted by molar-refractivity contribution is 0.129. The number of aromatic nitrogens is 1. The van der Waals surface area contributed by atoms with Crippen molar-refractivity contribution in [3.8, 4) is 5.88 Å². The average molecular weight is 433 g/mol. The first kappa shape index (κ1) is 20.1. The quantitative estimate of drug-likeness (QED) is 0.509. The Morgan fingerprint density at radius 1 is 1.48 bits per heavy atom. The van der Waals surface area contributed by atoms with Crippen LogP contribution in [-0.2, 0) is 10.0 Å². The highest BCUT2D eigenvalue weighted by atomic mass is 79.9. The zero-order chi connectivity index (χ0) is 18.6. The Labute approximate surface area is 158 Å². The molecule has 0 unspecified atom stereocenters. The van der Waals surface area contributed by atoms with Crippen LogP contribution in [0.2, 0.25) is 0 Å². The molecule has 0 saturated carbocycles. The standard InChI is InChI=1S/C16H25BrN4O3S/c1-5-20(3)11-18-15-10-14(17)16(19-12(15)2)24-13-6-8-21(9-7-13)25(4,22)23/h10-11,13H,5-9H2,1-4H3/b18-11+. The molecule has 1 aliphatic rings. The third kappa shape index (κ3) is 5.65. The Hall–Kier alpha value is -1.19. The number of hydrogen-bond acceptors (Lipinski definition) is 5. The average Bonchev–Trinajstić information content (AvgIpc) is 2.56. The van der Waals surface area contributed by atoms with Crippen molar-refractivity contribution in [3.63, 3.8) is 0 Å². The van der Waals surface area contributed by atoms with Gasteiger partial charge in [0, 0.05) is 26.7 Å². The van der Waals surface area contributed by atoms with E-state index in [4.69, 9.17) is 4.74 Å². The molecular formula is C16H25BrN4O3S. The van der Waals surface area contributed by atoms with E-state index in [0.717, 1.165) is 22.4 Å². The molecule has 2 rings (SSSR count). The Bertz CT molecular complexity index is 731. The Balaban J connectivity index is 2.04. The molecule has 1 aromatic heterocycles. The molecule has 0 bridgehead atoms. The van der Waals surface area contributed by atoms with Crippen LogP contribution >= 0.6 is 15.9 Å². The Morgan fingerprint density at radius 2 is 2.12 bits per heavy atom. The molecule has 0 spiro atoms. The second kappa shape index (κ2) is 8.46. The first-order chi connectivity index (χ1) is 11.7. The van der Waals surface area contributed by atoms with Gasteiger partial charge >= 0.3 is 0 Å². The first-order valence-corrected chi connectivity index (χ1v) is 10.9. The number of pyridine rings is 1. The zero-order valence-corrected chi connectivity index (χ0v) is 17.5. The van der Waals surface area contributed by atoms with Gasteiger partial charge < -0.3 is 9.64 Å². The van der Waals surface area contributed by atoms with Crippen molar-refractivity contribution < 1.29 is 13.2 Å². The van der Waals surface area contributed by atoms with Crippen LogP contribution in [0.25, 0.3) is 0 Å². The van der Waals surface area contributed by atoms with Gasteiger partial charge in [-0.05, 0) is 48.7 Å². The summed E-state index contributed by atoms with van der Waals surface area (Å²) < 4.78 is 31.4. The summed E-state index contributed by atoms with van der Waals surface area (Å²) in [6, 6.07) is 1.89. The summed E-state index contributed by atoms with van der Waals surface area (Å²) in [7, 11) is -1.17. The number of halogens is 1. The second-order valence-electron chi connectivity index (χ2n) is 6.18. The number of aryl methyl sites for hydroxylation is 1. The van der Waals surface area contributed by atoms with Crippen LogP contribution in [0.15, 0.2) is 15.5 Å². The Kier molecular flexibility index (Phi) is 6.81. The van der Waals surface area contributed by atoms with Gasteiger partial charge in [-0.2, -0.15) is 0 Å². The number of sulfonamides is 1. The Morgan fingerprint density at radius 3 is 2.68 bits per heavy atom. The normalized spacial score (nSPS) is 17.2. The van der Waals surface area contributed by atoms with Crippen LogP contribution in [0.4, 0.5) is 5.69 Å². The number of hydrogen-bond donors (Lipinski definition) is 0. The maximum atomic E-state index is 11.6. The lowest BCUT2D eigenvalue weighted by atomic mass is 10.1. The summed E-state index contributed by atoms with van der Waals surface area (Å²) in [5, 5.41) is 0. The van der Waals surface area contributed by atoms with E-state index in [2.05, 4.69) is 32.8 Å². The van der Waals surface area contributed by atoms with E-state index < -0.39 is 10.0 Å². The number of nitrogens with zero attached hydrogens (tertiary/aromatic N) is 4. The van der Waals surface area contributed by atoms with Gasteiger partial charge in [0.05, 0.1) is 28.4 Å². The molecule has 25 heavy (non-hydrogen) atoms. The van der Waals surface area contributed by atoms with Gasteiger partial charge in [0.1, 0.15) is 6.10 Å². The molecule has 1 aliphatic heterocycles. The van der Waals surface area contributed by atoms with Crippen molar-refractivity contribution in [2.45, 2.75) is 32.8 Å². The predicted octanol–water partition coefficient (Wildman–Crippen LogP) is 2.57. The molecule has 0 aliphatic carbocycles. The molecule has 0 atom stereocenters. The summed E-state index contributed by atoms with van der Waals surface area (Å²) in [4.78, 5) is 10.9. The molecule has 140 valence electrons. The highest BCUT2D eigenvalue weighted by molar-refractivity contribution is 9.10. The molecule has 2 heterocycles. The van der Waals surface area contributed by atoms with E-state index in [-0.39, 0.29) is 6.10 Å². The van der Waals surface area contributed by atoms with Gasteiger partial charge in [0.2, 0.25) is 15.9 Å². The summed E-state index contributed by atoms with van der Waals surface area (Å²) in [5.41, 5.74) is 1.57. The maximum Gasteiger partial charge on any atom is 0.228 e. The van der Waals surface area contributed by atoms with Crippen LogP contribution < -0.4 is 4.74 Å². The minimum absolute atomic E-state index is 0.0400. The van der Waals surface area contributed by atoms with Crippen LogP contribution in [-0.4, -0.2) is 68.0 Å². The highest BCUT2D eigenvalue weighted by Crippen LogP contribution is 2.31. The number of aliphatic imine (C=N–C) groups is 1. The fraction of sp³-hybridized carbons (Fsp3) is 0.625. The molecule has 0 radical (unpaired) electrons. The van der Waals surface area contributed by atoms with Gasteiger partial charge in [0.25, 0.3) is 0 Å². The van der Waals surface area contributed by atoms with E-state index >= 15 is 0 Å². The first-order valence-electron chi connectivity index (χ1n) is 8.24. The van der Waals surface area contributed by atoms with Gasteiger partial charge in [0.15, 0.2) is 0 Å². The number of ether oxygens (including phenoxy) is 1. The second-order valence-corrected chi connectivity index (χ2v) is 9.01. The van der Waals surface area contributed by atoms with Crippen LogP contribution in [0, 0.1) is 6.92 Å². The summed E-state index contributed by atoms with van der Waals surface area (Å²) in [6.45, 7) is 5.78. The van der Waals surface area contributed by atoms with Crippen LogP contribution in [0.3, 0.4) is 0 Å². The van der Waals surface area contributed by atoms with Crippen molar-refractivity contribution in [1.29, 1.82) is 0 Å². The molecule has 9 heteroatoms. The summed E-state index contributed by atoms with van der Waals surface area (Å²) in [6.07, 6.45) is 4.29. The van der Waals surface area contributed by atoms with Crippen molar-refractivity contribution in [2.24, 2.45) is 4.99 Å². The zero-order valence-electron chi connectivity index (χ0n) is 15.1. The monoisotopic (exact) mass is 432 g/mol. The SMILES string of the molecule is CCN(C)/C=N/c1cc(Br)c(OC2CCN(S(C)(=O)=O)CC2)nc1C. The van der Waals surface area contributed by atoms with Crippen molar-refractivity contribution in [3.05, 3.63) is 16.2 Å². The lowest BCUT2D eigenvalue weighted by Crippen LogP contribution is -2.41. The van der Waals surface area contributed by atoms with Gasteiger partial charge in [-0.15, -0.1) is 0 Å². The van der Waals surface area contributed by atoms with Crippen molar-refractivity contribution >= 4 is 38.0 Å². The van der Waals surface area contributed by atoms with Crippen LogP contribution in [0.5, 0.6) is 5.88 Å². The van der Waals surface area contributed by atoms with E-state index in [1.54, 1.807) is 6.34 Å². The molecule has 1 aromatic rings. The van der Waals surface area contributed by atoms with Crippen LogP contribution in [0.1, 0.15) is 25.5 Å². The number of piperidine rings is 1. The summed E-state index contributed by atoms with van der Waals surface area (Å²) >= 11 is 3.49. The third-order valence-electron chi connectivity index (χ3n) is 4.15. The fourth-order valence-electron chi connectivity index (χ4n) is 2.44. The predicted molar refractivity (Wildman–Crippen MR) is 103 cm³/mol. The minimum Gasteiger partial charge on any atom is -0.473 e. The molecule has 0 amide bonds. The molecule has 7 nitrogen and oxygen atoms in total. The third-order valence-corrected chi connectivity index (χ3v) is 6.02. The molecule has 1 fully saturated rings. The maximum absolute atomic E-state index is 11.6.